The molecule has 1 unspecified atom stereocenters. The van der Waals surface area contributed by atoms with Crippen LogP contribution in [0.4, 0.5) is 17.3 Å². The molecular weight excluding hydrogens is 338 g/mol. The number of nitrogens with one attached hydrogen (secondary N) is 2. The van der Waals surface area contributed by atoms with E-state index >= 15 is 0 Å². The lowest BCUT2D eigenvalue weighted by molar-refractivity contribution is 0.0241. The summed E-state index contributed by atoms with van der Waals surface area (Å²) in [6.45, 7) is 5.37. The summed E-state index contributed by atoms with van der Waals surface area (Å²) in [6.07, 6.45) is 5.29. The molecule has 1 aromatic rings. The van der Waals surface area contributed by atoms with E-state index in [1.54, 1.807) is 11.8 Å². The summed E-state index contributed by atoms with van der Waals surface area (Å²) in [5.74, 6) is 2.41. The molecule has 0 aromatic carbocycles. The van der Waals surface area contributed by atoms with E-state index in [1.165, 1.54) is 12.8 Å². The molecule has 142 valence electrons. The van der Waals surface area contributed by atoms with Gasteiger partial charge in [0.1, 0.15) is 5.69 Å². The van der Waals surface area contributed by atoms with Crippen molar-refractivity contribution in [3.63, 3.8) is 0 Å². The third kappa shape index (κ3) is 6.87. The molecule has 7 nitrogen and oxygen atoms in total. The van der Waals surface area contributed by atoms with Crippen LogP contribution >= 0.6 is 11.8 Å². The number of thioether (sulfide) groups is 1. The Hall–Kier alpha value is -1.25. The third-order valence-corrected chi connectivity index (χ3v) is 4.99. The predicted molar refractivity (Wildman–Crippen MR) is 104 cm³/mol. The molecule has 1 saturated carbocycles. The number of aliphatic hydroxyl groups excluding tert-OH is 1. The lowest BCUT2D eigenvalue weighted by atomic mass is 10.2. The SMILES string of the molecule is CCCSc1nc(NCCC(CC)OCCO)c(N)c(NC2CC2)n1. The molecule has 1 aliphatic carbocycles. The van der Waals surface area contributed by atoms with Gasteiger partial charge in [0.25, 0.3) is 0 Å². The molecular formula is C17H31N5O2S. The zero-order valence-electron chi connectivity index (χ0n) is 15.3. The van der Waals surface area contributed by atoms with Gasteiger partial charge in [-0.25, -0.2) is 9.97 Å². The highest BCUT2D eigenvalue weighted by molar-refractivity contribution is 7.99. The maximum absolute atomic E-state index is 8.88. The van der Waals surface area contributed by atoms with Crippen LogP contribution in [-0.2, 0) is 4.74 Å². The monoisotopic (exact) mass is 369 g/mol. The van der Waals surface area contributed by atoms with E-state index in [2.05, 4.69) is 34.4 Å². The number of hydrogen-bond donors (Lipinski definition) is 4. The molecule has 0 saturated heterocycles. The Morgan fingerprint density at radius 3 is 2.72 bits per heavy atom. The van der Waals surface area contributed by atoms with Gasteiger partial charge in [-0.15, -0.1) is 0 Å². The predicted octanol–water partition coefficient (Wildman–Crippen LogP) is 2.72. The van der Waals surface area contributed by atoms with Gasteiger partial charge in [-0.3, -0.25) is 0 Å². The van der Waals surface area contributed by atoms with Gasteiger partial charge >= 0.3 is 0 Å². The fourth-order valence-corrected chi connectivity index (χ4v) is 3.05. The first-order valence-corrected chi connectivity index (χ1v) is 10.2. The zero-order chi connectivity index (χ0) is 18.1. The number of anilines is 3. The molecule has 8 heteroatoms. The second-order valence-electron chi connectivity index (χ2n) is 6.22. The minimum atomic E-state index is 0.0526. The van der Waals surface area contributed by atoms with Crippen molar-refractivity contribution in [2.75, 3.05) is 41.9 Å². The van der Waals surface area contributed by atoms with Crippen molar-refractivity contribution in [1.29, 1.82) is 0 Å². The van der Waals surface area contributed by atoms with Crippen molar-refractivity contribution in [2.24, 2.45) is 0 Å². The maximum atomic E-state index is 8.88. The molecule has 2 rings (SSSR count). The van der Waals surface area contributed by atoms with Gasteiger partial charge in [0.05, 0.1) is 19.3 Å². The average molecular weight is 370 g/mol. The van der Waals surface area contributed by atoms with Crippen LogP contribution in [0.25, 0.3) is 0 Å². The van der Waals surface area contributed by atoms with Gasteiger partial charge in [0.15, 0.2) is 16.8 Å². The molecule has 1 aromatic heterocycles. The van der Waals surface area contributed by atoms with Crippen molar-refractivity contribution >= 4 is 29.1 Å². The van der Waals surface area contributed by atoms with Crippen molar-refractivity contribution in [1.82, 2.24) is 9.97 Å². The van der Waals surface area contributed by atoms with E-state index in [0.717, 1.165) is 36.0 Å². The molecule has 1 fully saturated rings. The molecule has 1 atom stereocenters. The van der Waals surface area contributed by atoms with Crippen molar-refractivity contribution < 1.29 is 9.84 Å². The van der Waals surface area contributed by atoms with Crippen LogP contribution in [0.5, 0.6) is 0 Å². The molecule has 1 aliphatic rings. The van der Waals surface area contributed by atoms with E-state index < -0.39 is 0 Å². The summed E-state index contributed by atoms with van der Waals surface area (Å²) in [5.41, 5.74) is 6.84. The number of ether oxygens (including phenoxy) is 1. The van der Waals surface area contributed by atoms with E-state index in [0.29, 0.717) is 30.7 Å². The van der Waals surface area contributed by atoms with Gasteiger partial charge < -0.3 is 26.2 Å². The lowest BCUT2D eigenvalue weighted by Gasteiger charge is -2.17. The lowest BCUT2D eigenvalue weighted by Crippen LogP contribution is -2.19. The van der Waals surface area contributed by atoms with E-state index in [9.17, 15) is 0 Å². The van der Waals surface area contributed by atoms with E-state index in [-0.39, 0.29) is 12.7 Å². The van der Waals surface area contributed by atoms with E-state index in [1.807, 2.05) is 0 Å². The van der Waals surface area contributed by atoms with Gasteiger partial charge in [-0.2, -0.15) is 0 Å². The number of hydrogen-bond acceptors (Lipinski definition) is 8. The number of rotatable bonds is 13. The Labute approximate surface area is 154 Å². The third-order valence-electron chi connectivity index (χ3n) is 3.94. The first kappa shape index (κ1) is 20.1. The minimum Gasteiger partial charge on any atom is -0.394 e. The largest absolute Gasteiger partial charge is 0.394 e. The van der Waals surface area contributed by atoms with Crippen LogP contribution in [-0.4, -0.2) is 52.7 Å². The molecule has 1 heterocycles. The fourth-order valence-electron chi connectivity index (χ4n) is 2.35. The van der Waals surface area contributed by atoms with Crippen LogP contribution < -0.4 is 16.4 Å². The van der Waals surface area contributed by atoms with Crippen LogP contribution in [0.1, 0.15) is 46.0 Å². The topological polar surface area (TPSA) is 105 Å². The normalized spacial score (nSPS) is 15.2. The summed E-state index contributed by atoms with van der Waals surface area (Å²) >= 11 is 1.65. The zero-order valence-corrected chi connectivity index (χ0v) is 16.1. The highest BCUT2D eigenvalue weighted by Crippen LogP contribution is 2.32. The van der Waals surface area contributed by atoms with Crippen LogP contribution in [0, 0.1) is 0 Å². The number of aliphatic hydroxyl groups is 1. The Bertz CT molecular complexity index is 528. The molecule has 0 amide bonds. The van der Waals surface area contributed by atoms with Crippen molar-refractivity contribution in [3.05, 3.63) is 0 Å². The van der Waals surface area contributed by atoms with Crippen molar-refractivity contribution in [2.45, 2.75) is 63.3 Å². The Balaban J connectivity index is 1.98. The number of nitrogens with zero attached hydrogens (tertiary/aromatic N) is 2. The second kappa shape index (κ2) is 10.7. The van der Waals surface area contributed by atoms with E-state index in [4.69, 9.17) is 15.6 Å². The van der Waals surface area contributed by atoms with Gasteiger partial charge in [0.2, 0.25) is 0 Å². The maximum Gasteiger partial charge on any atom is 0.191 e. The standard InChI is InChI=1S/C17H31N5O2S/c1-3-11-25-17-21-15(14(18)16(22-17)20-12-5-6-12)19-8-7-13(4-2)24-10-9-23/h12-13,23H,3-11,18H2,1-2H3,(H2,19,20,21,22). The van der Waals surface area contributed by atoms with Crippen LogP contribution in [0.15, 0.2) is 5.16 Å². The molecule has 0 aliphatic heterocycles. The van der Waals surface area contributed by atoms with Gasteiger partial charge in [-0.05, 0) is 32.1 Å². The average Bonchev–Trinajstić information content (AvgIpc) is 3.43. The molecule has 0 bridgehead atoms. The second-order valence-corrected chi connectivity index (χ2v) is 7.29. The summed E-state index contributed by atoms with van der Waals surface area (Å²) in [7, 11) is 0. The Morgan fingerprint density at radius 2 is 2.08 bits per heavy atom. The Morgan fingerprint density at radius 1 is 1.32 bits per heavy atom. The fraction of sp³-hybridized carbons (Fsp3) is 0.765. The number of nitrogen functional groups attached to an aromatic ring is 1. The molecule has 0 spiro atoms. The highest BCUT2D eigenvalue weighted by Gasteiger charge is 2.24. The Kier molecular flexibility index (Phi) is 8.57. The number of nitrogens with two attached hydrogens (primary N) is 1. The smallest absolute Gasteiger partial charge is 0.191 e. The first-order chi connectivity index (χ1) is 12.2. The van der Waals surface area contributed by atoms with Crippen LogP contribution in [0.2, 0.25) is 0 Å². The summed E-state index contributed by atoms with van der Waals surface area (Å²) < 4.78 is 5.60. The molecule has 0 radical (unpaired) electrons. The summed E-state index contributed by atoms with van der Waals surface area (Å²) in [5, 5.41) is 16.4. The highest BCUT2D eigenvalue weighted by atomic mass is 32.2. The van der Waals surface area contributed by atoms with Gasteiger partial charge in [-0.1, -0.05) is 25.6 Å². The molecule has 25 heavy (non-hydrogen) atoms. The quantitative estimate of drug-likeness (QED) is 0.311. The molecule has 5 N–H and O–H groups in total. The van der Waals surface area contributed by atoms with Crippen molar-refractivity contribution in [3.8, 4) is 0 Å². The van der Waals surface area contributed by atoms with Crippen LogP contribution in [0.3, 0.4) is 0 Å². The van der Waals surface area contributed by atoms with Gasteiger partial charge in [0, 0.05) is 18.3 Å². The summed E-state index contributed by atoms with van der Waals surface area (Å²) in [4.78, 5) is 9.15. The number of aromatic nitrogens is 2. The minimum absolute atomic E-state index is 0.0526. The first-order valence-electron chi connectivity index (χ1n) is 9.21. The summed E-state index contributed by atoms with van der Waals surface area (Å²) in [6, 6.07) is 0.491.